The Balaban J connectivity index is 0.00000147. The molecule has 0 aliphatic carbocycles. The number of rotatable bonds is 3. The molecule has 2 heterocycles. The lowest BCUT2D eigenvalue weighted by Gasteiger charge is -2.34. The van der Waals surface area contributed by atoms with Gasteiger partial charge in [0.15, 0.2) is 0 Å². The van der Waals surface area contributed by atoms with Gasteiger partial charge in [0.1, 0.15) is 11.6 Å². The topological polar surface area (TPSA) is 28.4 Å². The van der Waals surface area contributed by atoms with Crippen LogP contribution in [0.4, 0.5) is 4.39 Å². The summed E-state index contributed by atoms with van der Waals surface area (Å²) in [5, 5.41) is 3.34. The van der Waals surface area contributed by atoms with Crippen LogP contribution in [0.1, 0.15) is 17.4 Å². The second-order valence-electron chi connectivity index (χ2n) is 4.76. The largest absolute Gasteiger partial charge is 0.467 e. The Labute approximate surface area is 124 Å². The van der Waals surface area contributed by atoms with Crippen molar-refractivity contribution in [2.45, 2.75) is 6.04 Å². The van der Waals surface area contributed by atoms with E-state index in [0.29, 0.717) is 0 Å². The molecule has 0 radical (unpaired) electrons. The Hall–Kier alpha value is -1.36. The van der Waals surface area contributed by atoms with E-state index in [2.05, 4.69) is 10.2 Å². The average Bonchev–Trinajstić information content (AvgIpc) is 2.96. The number of piperazine rings is 1. The lowest BCUT2D eigenvalue weighted by Crippen LogP contribution is -2.45. The lowest BCUT2D eigenvalue weighted by molar-refractivity contribution is 0.180. The van der Waals surface area contributed by atoms with Gasteiger partial charge in [-0.2, -0.15) is 0 Å². The molecule has 1 aliphatic rings. The standard InChI is InChI=1S/C15H17FN2O.ClH/c16-13-5-3-12(4-6-13)15(14-2-1-11-19-14)18-9-7-17-8-10-18;/h1-6,11,15,17H,7-10H2;1H/t15-;/m0./s1. The molecule has 0 amide bonds. The zero-order chi connectivity index (χ0) is 13.1. The molecule has 5 heteroatoms. The summed E-state index contributed by atoms with van der Waals surface area (Å²) in [7, 11) is 0. The van der Waals surface area contributed by atoms with E-state index in [0.717, 1.165) is 37.5 Å². The van der Waals surface area contributed by atoms with Crippen molar-refractivity contribution in [2.75, 3.05) is 26.2 Å². The number of nitrogens with one attached hydrogen (secondary N) is 1. The summed E-state index contributed by atoms with van der Waals surface area (Å²) in [6.07, 6.45) is 1.69. The van der Waals surface area contributed by atoms with E-state index >= 15 is 0 Å². The summed E-state index contributed by atoms with van der Waals surface area (Å²) in [5.41, 5.74) is 1.07. The van der Waals surface area contributed by atoms with Gasteiger partial charge in [0.25, 0.3) is 0 Å². The molecule has 0 saturated carbocycles. The summed E-state index contributed by atoms with van der Waals surface area (Å²) in [4.78, 5) is 2.36. The summed E-state index contributed by atoms with van der Waals surface area (Å²) in [5.74, 6) is 0.704. The van der Waals surface area contributed by atoms with E-state index in [9.17, 15) is 4.39 Å². The lowest BCUT2D eigenvalue weighted by atomic mass is 10.0. The van der Waals surface area contributed by atoms with Gasteiger partial charge in [-0.3, -0.25) is 4.90 Å². The SMILES string of the molecule is Cl.Fc1ccc([C@@H](c2ccco2)N2CCNCC2)cc1. The maximum atomic E-state index is 13.1. The molecule has 20 heavy (non-hydrogen) atoms. The predicted octanol–water partition coefficient (Wildman–Crippen LogP) is 2.84. The second kappa shape index (κ2) is 6.88. The van der Waals surface area contributed by atoms with Crippen molar-refractivity contribution in [3.05, 3.63) is 59.8 Å². The van der Waals surface area contributed by atoms with Gasteiger partial charge >= 0.3 is 0 Å². The van der Waals surface area contributed by atoms with Crippen LogP contribution < -0.4 is 5.32 Å². The summed E-state index contributed by atoms with van der Waals surface area (Å²) in [6.45, 7) is 3.86. The fraction of sp³-hybridized carbons (Fsp3) is 0.333. The maximum absolute atomic E-state index is 13.1. The van der Waals surface area contributed by atoms with Crippen LogP contribution in [-0.2, 0) is 0 Å². The third-order valence-corrected chi connectivity index (χ3v) is 3.52. The monoisotopic (exact) mass is 296 g/mol. The van der Waals surface area contributed by atoms with Crippen molar-refractivity contribution in [3.8, 4) is 0 Å². The molecular weight excluding hydrogens is 279 g/mol. The molecule has 0 spiro atoms. The van der Waals surface area contributed by atoms with Crippen LogP contribution >= 0.6 is 12.4 Å². The number of halogens is 2. The molecule has 1 fully saturated rings. The number of furan rings is 1. The van der Waals surface area contributed by atoms with Crippen LogP contribution in [0, 0.1) is 5.82 Å². The van der Waals surface area contributed by atoms with Gasteiger partial charge in [-0.1, -0.05) is 12.1 Å². The molecule has 0 bridgehead atoms. The molecule has 2 aromatic rings. The highest BCUT2D eigenvalue weighted by Crippen LogP contribution is 2.29. The zero-order valence-corrected chi connectivity index (χ0v) is 11.9. The molecule has 108 valence electrons. The van der Waals surface area contributed by atoms with Gasteiger partial charge in [0, 0.05) is 26.2 Å². The molecule has 1 aromatic carbocycles. The first-order valence-electron chi connectivity index (χ1n) is 6.58. The normalized spacial score (nSPS) is 17.4. The highest BCUT2D eigenvalue weighted by atomic mass is 35.5. The summed E-state index contributed by atoms with van der Waals surface area (Å²) in [6, 6.07) is 10.6. The molecule has 3 nitrogen and oxygen atoms in total. The summed E-state index contributed by atoms with van der Waals surface area (Å²) >= 11 is 0. The maximum Gasteiger partial charge on any atom is 0.125 e. The van der Waals surface area contributed by atoms with Crippen molar-refractivity contribution in [1.82, 2.24) is 10.2 Å². The Morgan fingerprint density at radius 2 is 1.80 bits per heavy atom. The van der Waals surface area contributed by atoms with Gasteiger partial charge in [-0.15, -0.1) is 12.4 Å². The Bertz CT molecular complexity index is 509. The molecule has 1 aromatic heterocycles. The molecule has 0 unspecified atom stereocenters. The molecule has 1 saturated heterocycles. The Morgan fingerprint density at radius 1 is 1.10 bits per heavy atom. The first-order chi connectivity index (χ1) is 9.34. The van der Waals surface area contributed by atoms with Crippen molar-refractivity contribution in [2.24, 2.45) is 0 Å². The predicted molar refractivity (Wildman–Crippen MR) is 78.6 cm³/mol. The van der Waals surface area contributed by atoms with Crippen LogP contribution in [0.2, 0.25) is 0 Å². The van der Waals surface area contributed by atoms with Crippen LogP contribution in [0.3, 0.4) is 0 Å². The van der Waals surface area contributed by atoms with E-state index in [1.54, 1.807) is 6.26 Å². The third kappa shape index (κ3) is 3.20. The minimum absolute atomic E-state index is 0. The highest BCUT2D eigenvalue weighted by molar-refractivity contribution is 5.85. The number of nitrogens with zero attached hydrogens (tertiary/aromatic N) is 1. The van der Waals surface area contributed by atoms with E-state index < -0.39 is 0 Å². The zero-order valence-electron chi connectivity index (χ0n) is 11.1. The highest BCUT2D eigenvalue weighted by Gasteiger charge is 2.25. The number of hydrogen-bond acceptors (Lipinski definition) is 3. The van der Waals surface area contributed by atoms with Gasteiger partial charge in [0.2, 0.25) is 0 Å². The minimum atomic E-state index is -0.206. The van der Waals surface area contributed by atoms with E-state index in [-0.39, 0.29) is 24.3 Å². The van der Waals surface area contributed by atoms with E-state index in [4.69, 9.17) is 4.42 Å². The first-order valence-corrected chi connectivity index (χ1v) is 6.58. The Morgan fingerprint density at radius 3 is 2.40 bits per heavy atom. The van der Waals surface area contributed by atoms with Crippen molar-refractivity contribution < 1.29 is 8.81 Å². The van der Waals surface area contributed by atoms with Crippen LogP contribution in [-0.4, -0.2) is 31.1 Å². The third-order valence-electron chi connectivity index (χ3n) is 3.52. The Kier molecular flexibility index (Phi) is 5.17. The van der Waals surface area contributed by atoms with Gasteiger partial charge in [-0.25, -0.2) is 4.39 Å². The molecule has 1 atom stereocenters. The minimum Gasteiger partial charge on any atom is -0.467 e. The van der Waals surface area contributed by atoms with Gasteiger partial charge in [0.05, 0.1) is 12.3 Å². The van der Waals surface area contributed by atoms with Gasteiger partial charge in [-0.05, 0) is 29.8 Å². The molecular formula is C15H18ClFN2O. The van der Waals surface area contributed by atoms with Crippen molar-refractivity contribution in [1.29, 1.82) is 0 Å². The molecule has 3 rings (SSSR count). The number of benzene rings is 1. The van der Waals surface area contributed by atoms with Crippen LogP contribution in [0.5, 0.6) is 0 Å². The first kappa shape index (κ1) is 15.0. The molecule has 1 aliphatic heterocycles. The summed E-state index contributed by atoms with van der Waals surface area (Å²) < 4.78 is 18.7. The smallest absolute Gasteiger partial charge is 0.125 e. The fourth-order valence-corrected chi connectivity index (χ4v) is 2.59. The van der Waals surface area contributed by atoms with E-state index in [1.165, 1.54) is 12.1 Å². The quantitative estimate of drug-likeness (QED) is 0.944. The fourth-order valence-electron chi connectivity index (χ4n) is 2.59. The van der Waals surface area contributed by atoms with Crippen molar-refractivity contribution >= 4 is 12.4 Å². The second-order valence-corrected chi connectivity index (χ2v) is 4.76. The van der Waals surface area contributed by atoms with Crippen LogP contribution in [0.15, 0.2) is 47.1 Å². The number of hydrogen-bond donors (Lipinski definition) is 1. The van der Waals surface area contributed by atoms with E-state index in [1.807, 2.05) is 24.3 Å². The average molecular weight is 297 g/mol. The molecule has 1 N–H and O–H groups in total. The van der Waals surface area contributed by atoms with Gasteiger partial charge < -0.3 is 9.73 Å². The van der Waals surface area contributed by atoms with Crippen LogP contribution in [0.25, 0.3) is 0 Å². The van der Waals surface area contributed by atoms with Crippen molar-refractivity contribution in [3.63, 3.8) is 0 Å².